The van der Waals surface area contributed by atoms with Crippen LogP contribution in [0.25, 0.3) is 0 Å². The van der Waals surface area contributed by atoms with Gasteiger partial charge in [-0.05, 0) is 13.3 Å². The van der Waals surface area contributed by atoms with Crippen molar-refractivity contribution in [1.29, 1.82) is 0 Å². The van der Waals surface area contributed by atoms with Crippen molar-refractivity contribution in [3.8, 4) is 0 Å². The fourth-order valence-corrected chi connectivity index (χ4v) is 1.36. The molecule has 2 amide bonds. The molecule has 1 aliphatic heterocycles. The van der Waals surface area contributed by atoms with E-state index in [0.717, 1.165) is 17.7 Å². The highest BCUT2D eigenvalue weighted by atomic mass is 16.6. The Balaban J connectivity index is 2.45. The van der Waals surface area contributed by atoms with Crippen LogP contribution in [0, 0.1) is 0 Å². The van der Waals surface area contributed by atoms with Crippen molar-refractivity contribution in [2.45, 2.75) is 32.7 Å². The zero-order chi connectivity index (χ0) is 11.3. The summed E-state index contributed by atoms with van der Waals surface area (Å²) < 4.78 is 9.97. The van der Waals surface area contributed by atoms with E-state index < -0.39 is 6.09 Å². The lowest BCUT2D eigenvalue weighted by Crippen LogP contribution is -2.51. The number of carbonyl (C=O) groups excluding carboxylic acids is 2. The summed E-state index contributed by atoms with van der Waals surface area (Å²) in [4.78, 5) is 24.0. The summed E-state index contributed by atoms with van der Waals surface area (Å²) >= 11 is 0. The van der Waals surface area contributed by atoms with E-state index in [0.29, 0.717) is 13.2 Å². The van der Waals surface area contributed by atoms with Crippen LogP contribution >= 0.6 is 0 Å². The molecule has 86 valence electrons. The summed E-state index contributed by atoms with van der Waals surface area (Å²) in [5.74, 6) is -0.324. The maximum atomic E-state index is 11.5. The molecule has 0 aromatic carbocycles. The predicted octanol–water partition coefficient (Wildman–Crippen LogP) is 1.17. The van der Waals surface area contributed by atoms with E-state index in [1.165, 1.54) is 0 Å². The molecule has 5 nitrogen and oxygen atoms in total. The van der Waals surface area contributed by atoms with Crippen molar-refractivity contribution >= 4 is 12.0 Å². The number of nitrogens with zero attached hydrogens (tertiary/aromatic N) is 1. The lowest BCUT2D eigenvalue weighted by Gasteiger charge is -2.30. The first-order valence-electron chi connectivity index (χ1n) is 5.23. The quantitative estimate of drug-likeness (QED) is 0.663. The maximum absolute atomic E-state index is 11.5. The van der Waals surface area contributed by atoms with Gasteiger partial charge in [0.1, 0.15) is 6.61 Å². The van der Waals surface area contributed by atoms with Crippen LogP contribution in [0.3, 0.4) is 0 Å². The van der Waals surface area contributed by atoms with Gasteiger partial charge in [-0.15, -0.1) is 0 Å². The molecule has 15 heavy (non-hydrogen) atoms. The van der Waals surface area contributed by atoms with E-state index in [9.17, 15) is 9.59 Å². The van der Waals surface area contributed by atoms with Gasteiger partial charge in [-0.3, -0.25) is 4.79 Å². The summed E-state index contributed by atoms with van der Waals surface area (Å²) in [5, 5.41) is 0. The molecular formula is C10H17NO4. The lowest BCUT2D eigenvalue weighted by atomic mass is 10.3. The average Bonchev–Trinajstić information content (AvgIpc) is 2.18. The van der Waals surface area contributed by atoms with Gasteiger partial charge in [-0.1, -0.05) is 13.3 Å². The predicted molar refractivity (Wildman–Crippen MR) is 53.4 cm³/mol. The van der Waals surface area contributed by atoms with E-state index in [2.05, 4.69) is 0 Å². The second-order valence-corrected chi connectivity index (χ2v) is 3.60. The van der Waals surface area contributed by atoms with Crippen LogP contribution in [0.2, 0.25) is 0 Å². The van der Waals surface area contributed by atoms with Crippen molar-refractivity contribution in [3.05, 3.63) is 0 Å². The molecule has 0 bridgehead atoms. The van der Waals surface area contributed by atoms with Crippen molar-refractivity contribution < 1.29 is 19.1 Å². The third-order valence-corrected chi connectivity index (χ3v) is 2.21. The van der Waals surface area contributed by atoms with E-state index >= 15 is 0 Å². The van der Waals surface area contributed by atoms with Gasteiger partial charge in [0.15, 0.2) is 0 Å². The van der Waals surface area contributed by atoms with Crippen LogP contribution in [0.5, 0.6) is 0 Å². The van der Waals surface area contributed by atoms with Crippen LogP contribution < -0.4 is 0 Å². The molecule has 5 heteroatoms. The molecule has 1 aliphatic rings. The molecule has 1 heterocycles. The Labute approximate surface area is 89.3 Å². The number of amides is 2. The summed E-state index contributed by atoms with van der Waals surface area (Å²) in [6.45, 7) is 4.49. The van der Waals surface area contributed by atoms with Crippen LogP contribution in [-0.4, -0.2) is 42.8 Å². The molecule has 1 fully saturated rings. The fraction of sp³-hybridized carbons (Fsp3) is 0.800. The Hall–Kier alpha value is -1.10. The monoisotopic (exact) mass is 215 g/mol. The molecule has 1 rings (SSSR count). The summed E-state index contributed by atoms with van der Waals surface area (Å²) in [7, 11) is 0. The van der Waals surface area contributed by atoms with Gasteiger partial charge in [0.25, 0.3) is 5.91 Å². The Morgan fingerprint density at radius 1 is 1.67 bits per heavy atom. The first-order valence-corrected chi connectivity index (χ1v) is 5.23. The average molecular weight is 215 g/mol. The van der Waals surface area contributed by atoms with Gasteiger partial charge in [0.2, 0.25) is 0 Å². The summed E-state index contributed by atoms with van der Waals surface area (Å²) in [6, 6.07) is -0.236. The van der Waals surface area contributed by atoms with Gasteiger partial charge >= 0.3 is 6.09 Å². The number of rotatable bonds is 3. The molecule has 0 saturated carbocycles. The van der Waals surface area contributed by atoms with E-state index in [4.69, 9.17) is 9.47 Å². The summed E-state index contributed by atoms with van der Waals surface area (Å²) in [6.07, 6.45) is 1.22. The highest BCUT2D eigenvalue weighted by Gasteiger charge is 2.31. The number of morpholine rings is 1. The van der Waals surface area contributed by atoms with Crippen molar-refractivity contribution in [3.63, 3.8) is 0 Å². The standard InChI is InChI=1S/C10H17NO4/c1-3-4-5-15-10(13)11-8(2)6-14-7-9(11)12/h8H,3-7H2,1-2H3. The molecule has 0 N–H and O–H groups in total. The minimum absolute atomic E-state index is 0.0345. The molecule has 1 saturated heterocycles. The largest absolute Gasteiger partial charge is 0.449 e. The number of carbonyl (C=O) groups is 2. The minimum atomic E-state index is -0.552. The smallest absolute Gasteiger partial charge is 0.416 e. The molecule has 0 aromatic rings. The second-order valence-electron chi connectivity index (χ2n) is 3.60. The zero-order valence-electron chi connectivity index (χ0n) is 9.19. The number of imide groups is 1. The lowest BCUT2D eigenvalue weighted by molar-refractivity contribution is -0.144. The fourth-order valence-electron chi connectivity index (χ4n) is 1.36. The Bertz CT molecular complexity index is 242. The van der Waals surface area contributed by atoms with Crippen molar-refractivity contribution in [2.24, 2.45) is 0 Å². The van der Waals surface area contributed by atoms with Gasteiger partial charge < -0.3 is 9.47 Å². The highest BCUT2D eigenvalue weighted by molar-refractivity contribution is 5.93. The first-order chi connectivity index (χ1) is 7.16. The molecule has 0 radical (unpaired) electrons. The summed E-state index contributed by atoms with van der Waals surface area (Å²) in [5.41, 5.74) is 0. The minimum Gasteiger partial charge on any atom is -0.449 e. The van der Waals surface area contributed by atoms with Crippen LogP contribution in [0.1, 0.15) is 26.7 Å². The van der Waals surface area contributed by atoms with Crippen LogP contribution in [0.4, 0.5) is 4.79 Å². The molecule has 1 atom stereocenters. The normalized spacial score (nSPS) is 21.6. The molecule has 0 spiro atoms. The Morgan fingerprint density at radius 2 is 2.40 bits per heavy atom. The Morgan fingerprint density at radius 3 is 3.00 bits per heavy atom. The topological polar surface area (TPSA) is 55.8 Å². The van der Waals surface area contributed by atoms with Crippen molar-refractivity contribution in [1.82, 2.24) is 4.90 Å². The molecule has 0 aliphatic carbocycles. The molecular weight excluding hydrogens is 198 g/mol. The van der Waals surface area contributed by atoms with E-state index in [1.54, 1.807) is 6.92 Å². The molecule has 1 unspecified atom stereocenters. The number of unbranched alkanes of at least 4 members (excludes halogenated alkanes) is 1. The second kappa shape index (κ2) is 5.70. The third kappa shape index (κ3) is 3.20. The number of hydrogen-bond acceptors (Lipinski definition) is 4. The Kier molecular flexibility index (Phi) is 4.55. The SMILES string of the molecule is CCCCOC(=O)N1C(=O)COCC1C. The first kappa shape index (κ1) is 12.0. The highest BCUT2D eigenvalue weighted by Crippen LogP contribution is 2.09. The van der Waals surface area contributed by atoms with Gasteiger partial charge in [-0.2, -0.15) is 0 Å². The van der Waals surface area contributed by atoms with Gasteiger partial charge in [0, 0.05) is 0 Å². The maximum Gasteiger partial charge on any atom is 0.416 e. The van der Waals surface area contributed by atoms with Gasteiger partial charge in [0.05, 0.1) is 19.3 Å². The van der Waals surface area contributed by atoms with Crippen LogP contribution in [0.15, 0.2) is 0 Å². The van der Waals surface area contributed by atoms with Crippen LogP contribution in [-0.2, 0) is 14.3 Å². The third-order valence-electron chi connectivity index (χ3n) is 2.21. The van der Waals surface area contributed by atoms with Crippen molar-refractivity contribution in [2.75, 3.05) is 19.8 Å². The number of ether oxygens (including phenoxy) is 2. The van der Waals surface area contributed by atoms with E-state index in [1.807, 2.05) is 6.92 Å². The number of hydrogen-bond donors (Lipinski definition) is 0. The van der Waals surface area contributed by atoms with Gasteiger partial charge in [-0.25, -0.2) is 9.69 Å². The zero-order valence-corrected chi connectivity index (χ0v) is 9.19. The molecule has 0 aromatic heterocycles. The van der Waals surface area contributed by atoms with E-state index in [-0.39, 0.29) is 18.6 Å².